The van der Waals surface area contributed by atoms with Gasteiger partial charge in [0.05, 0.1) is 12.8 Å². The maximum atomic E-state index is 10.9. The molecule has 0 spiro atoms. The summed E-state index contributed by atoms with van der Waals surface area (Å²) >= 11 is 1.45. The quantitative estimate of drug-likeness (QED) is 0.741. The zero-order chi connectivity index (χ0) is 17.0. The number of hydrogen-bond acceptors (Lipinski definition) is 4. The number of methoxy groups -OCH3 is 1. The van der Waals surface area contributed by atoms with Crippen LogP contribution in [0.3, 0.4) is 0 Å². The molecule has 0 amide bonds. The van der Waals surface area contributed by atoms with E-state index in [4.69, 9.17) is 4.74 Å². The van der Waals surface area contributed by atoms with E-state index in [0.29, 0.717) is 5.01 Å². The van der Waals surface area contributed by atoms with E-state index in [9.17, 15) is 5.11 Å². The van der Waals surface area contributed by atoms with Crippen LogP contribution in [0, 0.1) is 0 Å². The minimum atomic E-state index is -1.13. The second kappa shape index (κ2) is 6.99. The molecule has 4 heteroatoms. The Kier molecular flexibility index (Phi) is 4.79. The predicted octanol–water partition coefficient (Wildman–Crippen LogP) is 4.58. The molecule has 3 nitrogen and oxygen atoms in total. The van der Waals surface area contributed by atoms with E-state index < -0.39 is 5.60 Å². The van der Waals surface area contributed by atoms with E-state index in [1.165, 1.54) is 11.3 Å². The molecule has 0 aliphatic heterocycles. The van der Waals surface area contributed by atoms with Crippen LogP contribution in [-0.4, -0.2) is 17.2 Å². The van der Waals surface area contributed by atoms with Gasteiger partial charge in [-0.05, 0) is 36.3 Å². The summed E-state index contributed by atoms with van der Waals surface area (Å²) in [6.07, 6.45) is 3.97. The molecular formula is C20H19NO2S. The number of ether oxygens (including phenoxy) is 1. The first-order valence-corrected chi connectivity index (χ1v) is 8.53. The van der Waals surface area contributed by atoms with E-state index >= 15 is 0 Å². The van der Waals surface area contributed by atoms with Gasteiger partial charge in [-0.25, -0.2) is 4.98 Å². The molecule has 0 fully saturated rings. The summed E-state index contributed by atoms with van der Waals surface area (Å²) in [6, 6.07) is 17.5. The molecule has 0 aliphatic rings. The fourth-order valence-corrected chi connectivity index (χ4v) is 3.24. The molecule has 0 bridgehead atoms. The third-order valence-corrected chi connectivity index (χ3v) is 4.91. The van der Waals surface area contributed by atoms with Gasteiger partial charge in [0.25, 0.3) is 0 Å². The van der Waals surface area contributed by atoms with Crippen molar-refractivity contribution in [3.63, 3.8) is 0 Å². The molecule has 2 aromatic carbocycles. The van der Waals surface area contributed by atoms with Crippen molar-refractivity contribution in [2.24, 2.45) is 0 Å². The predicted molar refractivity (Wildman–Crippen MR) is 99.2 cm³/mol. The van der Waals surface area contributed by atoms with E-state index in [-0.39, 0.29) is 0 Å². The molecule has 0 aliphatic carbocycles. The SMILES string of the molecule is COc1ccc(C(C)(O)c2nc(/C=C/c3ccccc3)cs2)cc1. The monoisotopic (exact) mass is 337 g/mol. The minimum absolute atomic E-state index is 0.667. The lowest BCUT2D eigenvalue weighted by Crippen LogP contribution is -2.22. The highest BCUT2D eigenvalue weighted by molar-refractivity contribution is 7.09. The molecular weight excluding hydrogens is 318 g/mol. The van der Waals surface area contributed by atoms with Crippen LogP contribution in [-0.2, 0) is 5.60 Å². The summed E-state index contributed by atoms with van der Waals surface area (Å²) in [5, 5.41) is 13.5. The number of aliphatic hydroxyl groups is 1. The van der Waals surface area contributed by atoms with Gasteiger partial charge in [-0.15, -0.1) is 11.3 Å². The van der Waals surface area contributed by atoms with Crippen LogP contribution in [0.25, 0.3) is 12.2 Å². The van der Waals surface area contributed by atoms with E-state index in [1.807, 2.05) is 72.1 Å². The Hall–Kier alpha value is -2.43. The molecule has 0 saturated heterocycles. The number of rotatable bonds is 5. The Bertz CT molecular complexity index is 820. The number of hydrogen-bond donors (Lipinski definition) is 1. The maximum Gasteiger partial charge on any atom is 0.138 e. The fourth-order valence-electron chi connectivity index (χ4n) is 2.37. The molecule has 0 saturated carbocycles. The lowest BCUT2D eigenvalue weighted by Gasteiger charge is -2.21. The molecule has 1 unspecified atom stereocenters. The van der Waals surface area contributed by atoms with E-state index in [1.54, 1.807) is 14.0 Å². The fraction of sp³-hybridized carbons (Fsp3) is 0.150. The average molecular weight is 337 g/mol. The van der Waals surface area contributed by atoms with Crippen molar-refractivity contribution < 1.29 is 9.84 Å². The Balaban J connectivity index is 1.81. The average Bonchev–Trinajstić information content (AvgIpc) is 3.11. The normalized spacial score (nSPS) is 13.8. The molecule has 24 heavy (non-hydrogen) atoms. The number of aromatic nitrogens is 1. The highest BCUT2D eigenvalue weighted by Crippen LogP contribution is 2.32. The van der Waals surface area contributed by atoms with Gasteiger partial charge in [0.15, 0.2) is 0 Å². The van der Waals surface area contributed by atoms with Crippen molar-refractivity contribution in [1.29, 1.82) is 0 Å². The Morgan fingerprint density at radius 3 is 2.42 bits per heavy atom. The van der Waals surface area contributed by atoms with E-state index in [2.05, 4.69) is 4.98 Å². The summed E-state index contributed by atoms with van der Waals surface area (Å²) < 4.78 is 5.16. The number of thiazole rings is 1. The van der Waals surface area contributed by atoms with Crippen LogP contribution in [0.4, 0.5) is 0 Å². The summed E-state index contributed by atoms with van der Waals surface area (Å²) in [4.78, 5) is 4.57. The van der Waals surface area contributed by atoms with Crippen LogP contribution < -0.4 is 4.74 Å². The highest BCUT2D eigenvalue weighted by Gasteiger charge is 2.29. The van der Waals surface area contributed by atoms with Crippen LogP contribution >= 0.6 is 11.3 Å². The van der Waals surface area contributed by atoms with Gasteiger partial charge in [0.1, 0.15) is 16.4 Å². The smallest absolute Gasteiger partial charge is 0.138 e. The first kappa shape index (κ1) is 16.4. The van der Waals surface area contributed by atoms with Crippen LogP contribution in [0.5, 0.6) is 5.75 Å². The first-order chi connectivity index (χ1) is 11.6. The Morgan fingerprint density at radius 2 is 1.75 bits per heavy atom. The highest BCUT2D eigenvalue weighted by atomic mass is 32.1. The van der Waals surface area contributed by atoms with Crippen molar-refractivity contribution >= 4 is 23.5 Å². The van der Waals surface area contributed by atoms with Crippen molar-refractivity contribution in [3.05, 3.63) is 81.8 Å². The third-order valence-electron chi connectivity index (χ3n) is 3.84. The second-order valence-corrected chi connectivity index (χ2v) is 6.48. The molecule has 3 aromatic rings. The van der Waals surface area contributed by atoms with E-state index in [0.717, 1.165) is 22.6 Å². The molecule has 1 N–H and O–H groups in total. The van der Waals surface area contributed by atoms with Gasteiger partial charge in [-0.1, -0.05) is 48.5 Å². The molecule has 122 valence electrons. The van der Waals surface area contributed by atoms with Crippen LogP contribution in [0.1, 0.15) is 28.8 Å². The van der Waals surface area contributed by atoms with Gasteiger partial charge in [-0.3, -0.25) is 0 Å². The topological polar surface area (TPSA) is 42.4 Å². The third kappa shape index (κ3) is 3.55. The second-order valence-electron chi connectivity index (χ2n) is 5.62. The summed E-state index contributed by atoms with van der Waals surface area (Å²) in [6.45, 7) is 1.76. The standard InChI is InChI=1S/C20H19NO2S/c1-20(22,16-9-12-18(23-2)13-10-16)19-21-17(14-24-19)11-8-15-6-4-3-5-7-15/h3-14,22H,1-2H3/b11-8+. The van der Waals surface area contributed by atoms with Crippen molar-refractivity contribution in [1.82, 2.24) is 4.98 Å². The zero-order valence-electron chi connectivity index (χ0n) is 13.6. The van der Waals surface area contributed by atoms with Gasteiger partial charge in [0, 0.05) is 5.38 Å². The molecule has 1 aromatic heterocycles. The van der Waals surface area contributed by atoms with Crippen molar-refractivity contribution in [2.75, 3.05) is 7.11 Å². The maximum absolute atomic E-state index is 10.9. The van der Waals surface area contributed by atoms with Gasteiger partial charge in [-0.2, -0.15) is 0 Å². The molecule has 0 radical (unpaired) electrons. The lowest BCUT2D eigenvalue weighted by molar-refractivity contribution is 0.102. The van der Waals surface area contributed by atoms with Gasteiger partial charge < -0.3 is 9.84 Å². The number of benzene rings is 2. The summed E-state index contributed by atoms with van der Waals surface area (Å²) in [5.74, 6) is 0.764. The molecule has 1 heterocycles. The minimum Gasteiger partial charge on any atom is -0.497 e. The van der Waals surface area contributed by atoms with Crippen molar-refractivity contribution in [2.45, 2.75) is 12.5 Å². The molecule has 1 atom stereocenters. The Morgan fingerprint density at radius 1 is 1.04 bits per heavy atom. The zero-order valence-corrected chi connectivity index (χ0v) is 14.5. The summed E-state index contributed by atoms with van der Waals surface area (Å²) in [5.41, 5.74) is 1.62. The first-order valence-electron chi connectivity index (χ1n) is 7.65. The Labute approximate surface area is 145 Å². The largest absolute Gasteiger partial charge is 0.497 e. The molecule has 3 rings (SSSR count). The number of nitrogens with zero attached hydrogens (tertiary/aromatic N) is 1. The van der Waals surface area contributed by atoms with Crippen LogP contribution in [0.2, 0.25) is 0 Å². The lowest BCUT2D eigenvalue weighted by atomic mass is 9.97. The van der Waals surface area contributed by atoms with Crippen LogP contribution in [0.15, 0.2) is 60.0 Å². The van der Waals surface area contributed by atoms with Crippen molar-refractivity contribution in [3.8, 4) is 5.75 Å². The van der Waals surface area contributed by atoms with Gasteiger partial charge in [0.2, 0.25) is 0 Å². The van der Waals surface area contributed by atoms with Gasteiger partial charge >= 0.3 is 0 Å². The summed E-state index contributed by atoms with van der Waals surface area (Å²) in [7, 11) is 1.62.